The molecule has 19 heavy (non-hydrogen) atoms. The Morgan fingerprint density at radius 1 is 1.21 bits per heavy atom. The lowest BCUT2D eigenvalue weighted by Gasteiger charge is -2.24. The molecule has 0 aliphatic rings. The average Bonchev–Trinajstić information content (AvgIpc) is 2.41. The molecule has 0 saturated heterocycles. The Balaban J connectivity index is 2.42. The topological polar surface area (TPSA) is 29.3 Å². The number of nitrogens with zero attached hydrogens (tertiary/aromatic N) is 1. The first kappa shape index (κ1) is 13.8. The van der Waals surface area contributed by atoms with Crippen molar-refractivity contribution in [2.75, 3.05) is 11.4 Å². The Kier molecular flexibility index (Phi) is 4.40. The van der Waals surface area contributed by atoms with E-state index in [0.29, 0.717) is 18.1 Å². The minimum absolute atomic E-state index is 0.259. The molecular weight excluding hydrogens is 263 g/mol. The molecule has 4 heteroatoms. The van der Waals surface area contributed by atoms with Gasteiger partial charge in [-0.2, -0.15) is 0 Å². The molecule has 2 aromatic rings. The molecule has 0 heterocycles. The molecule has 0 aliphatic carbocycles. The summed E-state index contributed by atoms with van der Waals surface area (Å²) in [7, 11) is 0. The number of nitrogens with two attached hydrogens (primary N) is 1. The van der Waals surface area contributed by atoms with Crippen molar-refractivity contribution in [1.29, 1.82) is 0 Å². The summed E-state index contributed by atoms with van der Waals surface area (Å²) in [6, 6.07) is 12.2. The van der Waals surface area contributed by atoms with Gasteiger partial charge in [0.15, 0.2) is 0 Å². The van der Waals surface area contributed by atoms with Crippen molar-refractivity contribution in [2.45, 2.75) is 13.5 Å². The molecule has 0 bridgehead atoms. The van der Waals surface area contributed by atoms with Crippen LogP contribution in [0.1, 0.15) is 12.5 Å². The first-order valence-corrected chi connectivity index (χ1v) is 6.55. The molecule has 0 aliphatic heterocycles. The summed E-state index contributed by atoms with van der Waals surface area (Å²) < 4.78 is 13.3. The maximum atomic E-state index is 13.3. The van der Waals surface area contributed by atoms with Crippen LogP contribution in [0.3, 0.4) is 0 Å². The highest BCUT2D eigenvalue weighted by Crippen LogP contribution is 2.32. The van der Waals surface area contributed by atoms with Crippen molar-refractivity contribution in [3.63, 3.8) is 0 Å². The quantitative estimate of drug-likeness (QED) is 0.912. The van der Waals surface area contributed by atoms with Gasteiger partial charge in [0, 0.05) is 18.8 Å². The van der Waals surface area contributed by atoms with Crippen LogP contribution in [0, 0.1) is 5.82 Å². The van der Waals surface area contributed by atoms with Crippen LogP contribution in [-0.2, 0) is 6.54 Å². The van der Waals surface area contributed by atoms with E-state index in [-0.39, 0.29) is 5.82 Å². The van der Waals surface area contributed by atoms with E-state index in [1.807, 2.05) is 36.1 Å². The number of anilines is 2. The highest BCUT2D eigenvalue weighted by molar-refractivity contribution is 6.33. The summed E-state index contributed by atoms with van der Waals surface area (Å²) in [5, 5.41) is 0.620. The molecule has 0 unspecified atom stereocenters. The molecular formula is C15H16ClFN2. The van der Waals surface area contributed by atoms with Crippen molar-refractivity contribution >= 4 is 23.0 Å². The molecule has 2 N–H and O–H groups in total. The Labute approximate surface area is 117 Å². The van der Waals surface area contributed by atoms with Crippen LogP contribution >= 0.6 is 11.6 Å². The SMILES string of the molecule is CCN(c1cccc(F)c1)c1ccc(CN)cc1Cl. The van der Waals surface area contributed by atoms with Gasteiger partial charge < -0.3 is 10.6 Å². The fraction of sp³-hybridized carbons (Fsp3) is 0.200. The van der Waals surface area contributed by atoms with Gasteiger partial charge in [0.05, 0.1) is 10.7 Å². The first-order chi connectivity index (χ1) is 9.15. The maximum Gasteiger partial charge on any atom is 0.125 e. The van der Waals surface area contributed by atoms with Gasteiger partial charge in [-0.25, -0.2) is 4.39 Å². The molecule has 0 spiro atoms. The molecule has 100 valence electrons. The third-order valence-electron chi connectivity index (χ3n) is 2.97. The molecule has 0 amide bonds. The second-order valence-corrected chi connectivity index (χ2v) is 4.62. The summed E-state index contributed by atoms with van der Waals surface area (Å²) in [4.78, 5) is 1.96. The zero-order valence-corrected chi connectivity index (χ0v) is 11.5. The van der Waals surface area contributed by atoms with E-state index < -0.39 is 0 Å². The lowest BCUT2D eigenvalue weighted by atomic mass is 10.1. The van der Waals surface area contributed by atoms with Gasteiger partial charge in [-0.05, 0) is 42.8 Å². The summed E-state index contributed by atoms with van der Waals surface area (Å²) >= 11 is 6.28. The molecule has 0 aromatic heterocycles. The zero-order valence-electron chi connectivity index (χ0n) is 10.7. The van der Waals surface area contributed by atoms with Crippen molar-refractivity contribution in [3.8, 4) is 0 Å². The number of halogens is 2. The van der Waals surface area contributed by atoms with Gasteiger partial charge in [-0.15, -0.1) is 0 Å². The van der Waals surface area contributed by atoms with Crippen LogP contribution in [0.2, 0.25) is 5.02 Å². The molecule has 2 rings (SSSR count). The number of hydrogen-bond donors (Lipinski definition) is 1. The van der Waals surface area contributed by atoms with E-state index in [1.165, 1.54) is 12.1 Å². The van der Waals surface area contributed by atoms with Crippen LogP contribution in [-0.4, -0.2) is 6.54 Å². The lowest BCUT2D eigenvalue weighted by Crippen LogP contribution is -2.16. The molecule has 0 radical (unpaired) electrons. The van der Waals surface area contributed by atoms with Gasteiger partial charge in [0.2, 0.25) is 0 Å². The normalized spacial score (nSPS) is 10.5. The van der Waals surface area contributed by atoms with Crippen LogP contribution in [0.25, 0.3) is 0 Å². The van der Waals surface area contributed by atoms with Crippen molar-refractivity contribution in [2.24, 2.45) is 5.73 Å². The molecule has 2 aromatic carbocycles. The second-order valence-electron chi connectivity index (χ2n) is 4.21. The van der Waals surface area contributed by atoms with E-state index in [1.54, 1.807) is 6.07 Å². The van der Waals surface area contributed by atoms with Crippen molar-refractivity contribution in [3.05, 3.63) is 58.9 Å². The first-order valence-electron chi connectivity index (χ1n) is 6.17. The van der Waals surface area contributed by atoms with Crippen molar-refractivity contribution < 1.29 is 4.39 Å². The predicted molar refractivity (Wildman–Crippen MR) is 78.4 cm³/mol. The summed E-state index contributed by atoms with van der Waals surface area (Å²) in [5.74, 6) is -0.259. The van der Waals surface area contributed by atoms with Crippen molar-refractivity contribution in [1.82, 2.24) is 0 Å². The molecule has 0 fully saturated rings. The minimum atomic E-state index is -0.259. The monoisotopic (exact) mass is 278 g/mol. The summed E-state index contributed by atoms with van der Waals surface area (Å²) in [6.07, 6.45) is 0. The Hall–Kier alpha value is -1.58. The summed E-state index contributed by atoms with van der Waals surface area (Å²) in [5.41, 5.74) is 8.20. The standard InChI is InChI=1S/C15H16ClFN2/c1-2-19(13-5-3-4-12(17)9-13)15-7-6-11(10-18)8-14(15)16/h3-9H,2,10,18H2,1H3. The molecule has 0 saturated carbocycles. The molecule has 0 atom stereocenters. The minimum Gasteiger partial charge on any atom is -0.340 e. The van der Waals surface area contributed by atoms with Gasteiger partial charge in [0.1, 0.15) is 5.82 Å². The van der Waals surface area contributed by atoms with Gasteiger partial charge >= 0.3 is 0 Å². The highest BCUT2D eigenvalue weighted by Gasteiger charge is 2.11. The van der Waals surface area contributed by atoms with Crippen LogP contribution in [0.5, 0.6) is 0 Å². The highest BCUT2D eigenvalue weighted by atomic mass is 35.5. The van der Waals surface area contributed by atoms with E-state index in [2.05, 4.69) is 0 Å². The second kappa shape index (κ2) is 6.04. The smallest absolute Gasteiger partial charge is 0.125 e. The van der Waals surface area contributed by atoms with Gasteiger partial charge in [0.25, 0.3) is 0 Å². The van der Waals surface area contributed by atoms with E-state index in [4.69, 9.17) is 17.3 Å². The van der Waals surface area contributed by atoms with Gasteiger partial charge in [-0.1, -0.05) is 23.7 Å². The van der Waals surface area contributed by atoms with E-state index in [0.717, 1.165) is 16.9 Å². The lowest BCUT2D eigenvalue weighted by molar-refractivity contribution is 0.627. The van der Waals surface area contributed by atoms with Crippen LogP contribution < -0.4 is 10.6 Å². The maximum absolute atomic E-state index is 13.3. The zero-order chi connectivity index (χ0) is 13.8. The third-order valence-corrected chi connectivity index (χ3v) is 3.28. The average molecular weight is 279 g/mol. The Morgan fingerprint density at radius 3 is 2.58 bits per heavy atom. The largest absolute Gasteiger partial charge is 0.340 e. The number of benzene rings is 2. The van der Waals surface area contributed by atoms with E-state index >= 15 is 0 Å². The Bertz CT molecular complexity index is 572. The number of hydrogen-bond acceptors (Lipinski definition) is 2. The Morgan fingerprint density at radius 2 is 2.00 bits per heavy atom. The fourth-order valence-electron chi connectivity index (χ4n) is 2.03. The van der Waals surface area contributed by atoms with Gasteiger partial charge in [-0.3, -0.25) is 0 Å². The summed E-state index contributed by atoms with van der Waals surface area (Å²) in [6.45, 7) is 3.15. The third kappa shape index (κ3) is 3.06. The number of rotatable bonds is 4. The predicted octanol–water partition coefficient (Wildman–Crippen LogP) is 4.10. The fourth-order valence-corrected chi connectivity index (χ4v) is 2.34. The van der Waals surface area contributed by atoms with Crippen LogP contribution in [0.4, 0.5) is 15.8 Å². The van der Waals surface area contributed by atoms with Crippen LogP contribution in [0.15, 0.2) is 42.5 Å². The molecule has 2 nitrogen and oxygen atoms in total. The van der Waals surface area contributed by atoms with E-state index in [9.17, 15) is 4.39 Å².